The van der Waals surface area contributed by atoms with E-state index in [0.717, 1.165) is 22.3 Å². The number of amides is 1. The van der Waals surface area contributed by atoms with Gasteiger partial charge in [-0.15, -0.1) is 0 Å². The van der Waals surface area contributed by atoms with E-state index >= 15 is 0 Å². The number of carbonyl (C=O) groups is 1. The van der Waals surface area contributed by atoms with Crippen molar-refractivity contribution in [1.29, 1.82) is 0 Å². The number of nitrogens with one attached hydrogen (secondary N) is 2. The molecule has 0 aliphatic carbocycles. The molecule has 1 amide bonds. The van der Waals surface area contributed by atoms with Gasteiger partial charge in [-0.1, -0.05) is 18.2 Å². The van der Waals surface area contributed by atoms with Crippen LogP contribution in [0.15, 0.2) is 55.0 Å². The van der Waals surface area contributed by atoms with Gasteiger partial charge in [-0.05, 0) is 37.1 Å². The minimum Gasteiger partial charge on any atom is -0.325 e. The molecule has 2 N–H and O–H groups in total. The van der Waals surface area contributed by atoms with Gasteiger partial charge in [0.2, 0.25) is 5.91 Å². The summed E-state index contributed by atoms with van der Waals surface area (Å²) >= 11 is 0. The van der Waals surface area contributed by atoms with Crippen LogP contribution in [0.3, 0.4) is 0 Å². The third kappa shape index (κ3) is 3.32. The number of fused-ring (bicyclic) bond motifs is 1. The van der Waals surface area contributed by atoms with Gasteiger partial charge < -0.3 is 5.32 Å². The fraction of sp³-hybridized carbons (Fsp3) is 0.158. The Morgan fingerprint density at radius 1 is 1.23 bits per heavy atom. The van der Waals surface area contributed by atoms with Crippen molar-refractivity contribution < 1.29 is 4.79 Å². The number of anilines is 1. The molecule has 4 aromatic rings. The Hall–Kier alpha value is -3.48. The Bertz CT molecular complexity index is 1050. The van der Waals surface area contributed by atoms with E-state index in [1.54, 1.807) is 12.4 Å². The fourth-order valence-corrected chi connectivity index (χ4v) is 2.78. The molecule has 0 atom stereocenters. The van der Waals surface area contributed by atoms with Gasteiger partial charge in [-0.25, -0.2) is 9.67 Å². The smallest absolute Gasteiger partial charge is 0.224 e. The van der Waals surface area contributed by atoms with Gasteiger partial charge in [0, 0.05) is 23.7 Å². The highest BCUT2D eigenvalue weighted by molar-refractivity contribution is 5.93. The molecule has 0 unspecified atom stereocenters. The SMILES string of the molecule is Cc1[nH]nc2ncc(NC(=O)CCc3cnn(-c4ccccc4)c3)cc12. The molecule has 7 nitrogen and oxygen atoms in total. The van der Waals surface area contributed by atoms with Crippen molar-refractivity contribution >= 4 is 22.6 Å². The summed E-state index contributed by atoms with van der Waals surface area (Å²) in [5, 5.41) is 15.1. The molecule has 0 radical (unpaired) electrons. The van der Waals surface area contributed by atoms with Crippen molar-refractivity contribution in [1.82, 2.24) is 25.0 Å². The molecule has 26 heavy (non-hydrogen) atoms. The first-order chi connectivity index (χ1) is 12.7. The van der Waals surface area contributed by atoms with E-state index in [1.165, 1.54) is 0 Å². The molecule has 130 valence electrons. The molecule has 0 bridgehead atoms. The first-order valence-corrected chi connectivity index (χ1v) is 8.38. The Morgan fingerprint density at radius 3 is 2.92 bits per heavy atom. The number of nitrogens with zero attached hydrogens (tertiary/aromatic N) is 4. The molecule has 0 saturated carbocycles. The second kappa shape index (κ2) is 6.79. The molecule has 1 aromatic carbocycles. The van der Waals surface area contributed by atoms with Crippen molar-refractivity contribution in [2.45, 2.75) is 19.8 Å². The zero-order valence-electron chi connectivity index (χ0n) is 14.3. The minimum atomic E-state index is -0.0558. The van der Waals surface area contributed by atoms with E-state index in [1.807, 2.05) is 54.2 Å². The Labute approximate surface area is 150 Å². The number of hydrogen-bond donors (Lipinski definition) is 2. The molecular formula is C19H18N6O. The average molecular weight is 346 g/mol. The number of para-hydroxylation sites is 1. The molecule has 3 aromatic heterocycles. The summed E-state index contributed by atoms with van der Waals surface area (Å²) in [6.07, 6.45) is 6.36. The normalized spacial score (nSPS) is 11.0. The van der Waals surface area contributed by atoms with E-state index in [9.17, 15) is 4.79 Å². The molecule has 0 spiro atoms. The van der Waals surface area contributed by atoms with E-state index in [-0.39, 0.29) is 5.91 Å². The third-order valence-electron chi connectivity index (χ3n) is 4.18. The zero-order chi connectivity index (χ0) is 17.9. The number of carbonyl (C=O) groups excluding carboxylic acids is 1. The number of aryl methyl sites for hydroxylation is 2. The molecule has 7 heteroatoms. The molecular weight excluding hydrogens is 328 g/mol. The number of pyridine rings is 1. The first-order valence-electron chi connectivity index (χ1n) is 8.38. The molecule has 0 aliphatic heterocycles. The third-order valence-corrected chi connectivity index (χ3v) is 4.18. The molecule has 4 rings (SSSR count). The topological polar surface area (TPSA) is 88.5 Å². The van der Waals surface area contributed by atoms with Crippen molar-refractivity contribution in [3.63, 3.8) is 0 Å². The molecule has 0 aliphatic rings. The summed E-state index contributed by atoms with van der Waals surface area (Å²) in [4.78, 5) is 16.5. The van der Waals surface area contributed by atoms with Gasteiger partial charge in [-0.3, -0.25) is 9.89 Å². The lowest BCUT2D eigenvalue weighted by atomic mass is 10.2. The monoisotopic (exact) mass is 346 g/mol. The predicted molar refractivity (Wildman–Crippen MR) is 99.1 cm³/mol. The number of rotatable bonds is 5. The Morgan fingerprint density at radius 2 is 2.08 bits per heavy atom. The summed E-state index contributed by atoms with van der Waals surface area (Å²) in [6.45, 7) is 1.92. The number of aromatic nitrogens is 5. The quantitative estimate of drug-likeness (QED) is 0.581. The lowest BCUT2D eigenvalue weighted by Gasteiger charge is -2.04. The van der Waals surface area contributed by atoms with Crippen LogP contribution in [0, 0.1) is 6.92 Å². The highest BCUT2D eigenvalue weighted by Gasteiger charge is 2.08. The maximum Gasteiger partial charge on any atom is 0.224 e. The van der Waals surface area contributed by atoms with E-state index in [2.05, 4.69) is 25.6 Å². The fourth-order valence-electron chi connectivity index (χ4n) is 2.78. The summed E-state index contributed by atoms with van der Waals surface area (Å²) < 4.78 is 1.81. The van der Waals surface area contributed by atoms with Crippen LogP contribution in [0.25, 0.3) is 16.7 Å². The number of H-pyrrole nitrogens is 1. The Kier molecular flexibility index (Phi) is 4.18. The highest BCUT2D eigenvalue weighted by atomic mass is 16.1. The van der Waals surface area contributed by atoms with Crippen molar-refractivity contribution in [2.24, 2.45) is 0 Å². The van der Waals surface area contributed by atoms with Crippen molar-refractivity contribution in [3.05, 3.63) is 66.2 Å². The number of hydrogen-bond acceptors (Lipinski definition) is 4. The number of benzene rings is 1. The van der Waals surface area contributed by atoms with E-state index in [4.69, 9.17) is 0 Å². The second-order valence-corrected chi connectivity index (χ2v) is 6.12. The van der Waals surface area contributed by atoms with Crippen LogP contribution >= 0.6 is 0 Å². The van der Waals surface area contributed by atoms with Gasteiger partial charge in [0.25, 0.3) is 0 Å². The van der Waals surface area contributed by atoms with Crippen LogP contribution in [0.2, 0.25) is 0 Å². The maximum absolute atomic E-state index is 12.2. The number of aromatic amines is 1. The van der Waals surface area contributed by atoms with Crippen molar-refractivity contribution in [3.8, 4) is 5.69 Å². The summed E-state index contributed by atoms with van der Waals surface area (Å²) in [5.41, 5.74) is 4.26. The van der Waals surface area contributed by atoms with Gasteiger partial charge in [0.1, 0.15) is 0 Å². The van der Waals surface area contributed by atoms with Crippen molar-refractivity contribution in [2.75, 3.05) is 5.32 Å². The molecule has 3 heterocycles. The van der Waals surface area contributed by atoms with Gasteiger partial charge in [0.05, 0.1) is 23.8 Å². The Balaban J connectivity index is 1.38. The van der Waals surface area contributed by atoms with Crippen LogP contribution in [0.1, 0.15) is 17.7 Å². The minimum absolute atomic E-state index is 0.0558. The summed E-state index contributed by atoms with van der Waals surface area (Å²) in [6, 6.07) is 11.8. The van der Waals surface area contributed by atoms with Gasteiger partial charge in [0.15, 0.2) is 5.65 Å². The second-order valence-electron chi connectivity index (χ2n) is 6.12. The van der Waals surface area contributed by atoms with Crippen LogP contribution in [0.5, 0.6) is 0 Å². The van der Waals surface area contributed by atoms with Crippen LogP contribution in [-0.2, 0) is 11.2 Å². The molecule has 0 saturated heterocycles. The summed E-state index contributed by atoms with van der Waals surface area (Å²) in [5.74, 6) is -0.0558. The van der Waals surface area contributed by atoms with E-state index < -0.39 is 0 Å². The summed E-state index contributed by atoms with van der Waals surface area (Å²) in [7, 11) is 0. The standard InChI is InChI=1S/C19H18N6O/c1-13-17-9-15(11-20-19(17)24-23-13)22-18(26)8-7-14-10-21-25(12-14)16-5-3-2-4-6-16/h2-6,9-12H,7-8H2,1H3,(H,22,26)(H,20,23,24). The average Bonchev–Trinajstić information content (AvgIpc) is 3.28. The lowest BCUT2D eigenvalue weighted by molar-refractivity contribution is -0.116. The largest absolute Gasteiger partial charge is 0.325 e. The first kappa shape index (κ1) is 16.0. The van der Waals surface area contributed by atoms with Gasteiger partial charge in [-0.2, -0.15) is 10.2 Å². The predicted octanol–water partition coefficient (Wildman–Crippen LogP) is 3.02. The van der Waals surface area contributed by atoms with Crippen LogP contribution < -0.4 is 5.32 Å². The zero-order valence-corrected chi connectivity index (χ0v) is 14.3. The highest BCUT2D eigenvalue weighted by Crippen LogP contribution is 2.18. The van der Waals surface area contributed by atoms with Gasteiger partial charge >= 0.3 is 0 Å². The van der Waals surface area contributed by atoms with E-state index in [0.29, 0.717) is 24.2 Å². The van der Waals surface area contributed by atoms with Crippen LogP contribution in [0.4, 0.5) is 5.69 Å². The lowest BCUT2D eigenvalue weighted by Crippen LogP contribution is -2.12. The molecule has 0 fully saturated rings. The van der Waals surface area contributed by atoms with Crippen LogP contribution in [-0.4, -0.2) is 30.9 Å². The maximum atomic E-state index is 12.2.